The number of carbonyl (C=O) groups excluding carboxylic acids is 3. The molecule has 6 nitrogen and oxygen atoms in total. The van der Waals surface area contributed by atoms with Gasteiger partial charge in [0, 0.05) is 31.8 Å². The third-order valence-electron chi connectivity index (χ3n) is 3.56. The maximum atomic E-state index is 11.4. The standard InChI is InChI=1S/C16H27N3O3/c1-2-3-6-11-17-16(22)18-12-7-4-5-8-13-19-14(20)9-10-15(19)21/h9-10H,2-8,11-13H2,1H3,(H2,17,18,22). The first-order chi connectivity index (χ1) is 10.6. The van der Waals surface area contributed by atoms with Crippen LogP contribution in [0.5, 0.6) is 0 Å². The zero-order valence-electron chi connectivity index (χ0n) is 13.4. The van der Waals surface area contributed by atoms with Crippen LogP contribution in [0.15, 0.2) is 12.2 Å². The first kappa shape index (κ1) is 18.2. The van der Waals surface area contributed by atoms with Gasteiger partial charge in [-0.3, -0.25) is 14.5 Å². The highest BCUT2D eigenvalue weighted by Gasteiger charge is 2.21. The summed E-state index contributed by atoms with van der Waals surface area (Å²) in [4.78, 5) is 35.3. The molecule has 0 aromatic carbocycles. The summed E-state index contributed by atoms with van der Waals surface area (Å²) in [5, 5.41) is 5.65. The first-order valence-corrected chi connectivity index (χ1v) is 8.20. The molecule has 1 aliphatic heterocycles. The van der Waals surface area contributed by atoms with Crippen molar-refractivity contribution in [2.45, 2.75) is 51.9 Å². The summed E-state index contributed by atoms with van der Waals surface area (Å²) >= 11 is 0. The van der Waals surface area contributed by atoms with Crippen LogP contribution in [-0.4, -0.2) is 42.4 Å². The summed E-state index contributed by atoms with van der Waals surface area (Å²) < 4.78 is 0. The lowest BCUT2D eigenvalue weighted by Crippen LogP contribution is -2.36. The Labute approximate surface area is 132 Å². The van der Waals surface area contributed by atoms with Crippen molar-refractivity contribution in [2.24, 2.45) is 0 Å². The number of rotatable bonds is 11. The molecular formula is C16H27N3O3. The number of nitrogens with zero attached hydrogens (tertiary/aromatic N) is 1. The minimum absolute atomic E-state index is 0.101. The van der Waals surface area contributed by atoms with Crippen LogP contribution in [0.1, 0.15) is 51.9 Å². The van der Waals surface area contributed by atoms with E-state index < -0.39 is 0 Å². The molecule has 6 heteroatoms. The topological polar surface area (TPSA) is 78.5 Å². The highest BCUT2D eigenvalue weighted by molar-refractivity contribution is 6.12. The Bertz CT molecular complexity index is 389. The summed E-state index contributed by atoms with van der Waals surface area (Å²) in [6, 6.07) is -0.101. The molecule has 4 amide bonds. The van der Waals surface area contributed by atoms with Gasteiger partial charge >= 0.3 is 6.03 Å². The average Bonchev–Trinajstić information content (AvgIpc) is 2.82. The molecule has 1 heterocycles. The Morgan fingerprint density at radius 3 is 2.05 bits per heavy atom. The van der Waals surface area contributed by atoms with Gasteiger partial charge in [0.1, 0.15) is 0 Å². The highest BCUT2D eigenvalue weighted by atomic mass is 16.2. The van der Waals surface area contributed by atoms with E-state index in [-0.39, 0.29) is 17.8 Å². The Balaban J connectivity index is 1.90. The average molecular weight is 309 g/mol. The van der Waals surface area contributed by atoms with Gasteiger partial charge in [-0.25, -0.2) is 4.79 Å². The molecule has 0 radical (unpaired) electrons. The van der Waals surface area contributed by atoms with Gasteiger partial charge in [0.25, 0.3) is 11.8 Å². The van der Waals surface area contributed by atoms with Crippen LogP contribution in [0, 0.1) is 0 Å². The van der Waals surface area contributed by atoms with Crippen molar-refractivity contribution in [3.8, 4) is 0 Å². The smallest absolute Gasteiger partial charge is 0.314 e. The number of imide groups is 1. The molecule has 1 rings (SSSR count). The van der Waals surface area contributed by atoms with Crippen LogP contribution in [0.25, 0.3) is 0 Å². The van der Waals surface area contributed by atoms with E-state index in [2.05, 4.69) is 17.6 Å². The van der Waals surface area contributed by atoms with Crippen molar-refractivity contribution < 1.29 is 14.4 Å². The van der Waals surface area contributed by atoms with Crippen molar-refractivity contribution >= 4 is 17.8 Å². The lowest BCUT2D eigenvalue weighted by molar-refractivity contribution is -0.136. The fourth-order valence-electron chi connectivity index (χ4n) is 2.24. The highest BCUT2D eigenvalue weighted by Crippen LogP contribution is 2.07. The van der Waals surface area contributed by atoms with E-state index >= 15 is 0 Å². The van der Waals surface area contributed by atoms with Gasteiger partial charge in [0.15, 0.2) is 0 Å². The second-order valence-electron chi connectivity index (χ2n) is 5.47. The third-order valence-corrected chi connectivity index (χ3v) is 3.56. The summed E-state index contributed by atoms with van der Waals surface area (Å²) in [5.74, 6) is -0.433. The van der Waals surface area contributed by atoms with E-state index in [9.17, 15) is 14.4 Å². The van der Waals surface area contributed by atoms with E-state index in [1.807, 2.05) is 0 Å². The van der Waals surface area contributed by atoms with E-state index in [0.717, 1.165) is 51.5 Å². The largest absolute Gasteiger partial charge is 0.338 e. The van der Waals surface area contributed by atoms with Gasteiger partial charge in [-0.05, 0) is 19.3 Å². The number of nitrogens with one attached hydrogen (secondary N) is 2. The maximum absolute atomic E-state index is 11.4. The molecule has 0 unspecified atom stereocenters. The van der Waals surface area contributed by atoms with Gasteiger partial charge < -0.3 is 10.6 Å². The molecule has 124 valence electrons. The zero-order valence-corrected chi connectivity index (χ0v) is 13.4. The molecule has 0 aliphatic carbocycles. The monoisotopic (exact) mass is 309 g/mol. The van der Waals surface area contributed by atoms with Crippen molar-refractivity contribution in [3.63, 3.8) is 0 Å². The van der Waals surface area contributed by atoms with E-state index in [0.29, 0.717) is 13.1 Å². The molecule has 0 spiro atoms. The van der Waals surface area contributed by atoms with Crippen LogP contribution in [0.3, 0.4) is 0 Å². The lowest BCUT2D eigenvalue weighted by atomic mass is 10.2. The molecule has 22 heavy (non-hydrogen) atoms. The minimum atomic E-state index is -0.216. The number of hydrogen-bond donors (Lipinski definition) is 2. The van der Waals surface area contributed by atoms with Gasteiger partial charge in [-0.1, -0.05) is 32.6 Å². The molecule has 0 aromatic rings. The fourth-order valence-corrected chi connectivity index (χ4v) is 2.24. The number of hydrogen-bond acceptors (Lipinski definition) is 3. The number of amides is 4. The number of urea groups is 1. The SMILES string of the molecule is CCCCCNC(=O)NCCCCCCN1C(=O)C=CC1=O. The minimum Gasteiger partial charge on any atom is -0.338 e. The zero-order chi connectivity index (χ0) is 16.2. The Morgan fingerprint density at radius 2 is 1.45 bits per heavy atom. The maximum Gasteiger partial charge on any atom is 0.314 e. The second-order valence-corrected chi connectivity index (χ2v) is 5.47. The van der Waals surface area contributed by atoms with E-state index in [1.54, 1.807) is 0 Å². The normalized spacial score (nSPS) is 13.8. The van der Waals surface area contributed by atoms with Crippen molar-refractivity contribution in [1.29, 1.82) is 0 Å². The molecule has 0 aromatic heterocycles. The van der Waals surface area contributed by atoms with Gasteiger partial charge in [-0.15, -0.1) is 0 Å². The van der Waals surface area contributed by atoms with Gasteiger partial charge in [0.05, 0.1) is 0 Å². The van der Waals surface area contributed by atoms with E-state index in [1.165, 1.54) is 17.1 Å². The van der Waals surface area contributed by atoms with Crippen LogP contribution in [-0.2, 0) is 9.59 Å². The van der Waals surface area contributed by atoms with Crippen LogP contribution >= 0.6 is 0 Å². The molecule has 0 saturated carbocycles. The summed E-state index contributed by atoms with van der Waals surface area (Å²) in [6.07, 6.45) is 9.55. The second kappa shape index (κ2) is 10.8. The number of carbonyl (C=O) groups is 3. The van der Waals surface area contributed by atoms with Gasteiger partial charge in [0.2, 0.25) is 0 Å². The Morgan fingerprint density at radius 1 is 0.909 bits per heavy atom. The molecule has 0 atom stereocenters. The lowest BCUT2D eigenvalue weighted by Gasteiger charge is -2.13. The van der Waals surface area contributed by atoms with Crippen molar-refractivity contribution in [1.82, 2.24) is 15.5 Å². The molecule has 0 bridgehead atoms. The van der Waals surface area contributed by atoms with Gasteiger partial charge in [-0.2, -0.15) is 0 Å². The Kier molecular flexibility index (Phi) is 8.95. The summed E-state index contributed by atoms with van der Waals surface area (Å²) in [7, 11) is 0. The molecule has 0 saturated heterocycles. The van der Waals surface area contributed by atoms with Crippen LogP contribution in [0.2, 0.25) is 0 Å². The molecular weight excluding hydrogens is 282 g/mol. The third kappa shape index (κ3) is 7.24. The number of unbranched alkanes of at least 4 members (excludes halogenated alkanes) is 5. The van der Waals surface area contributed by atoms with Crippen molar-refractivity contribution in [2.75, 3.05) is 19.6 Å². The molecule has 0 fully saturated rings. The quantitative estimate of drug-likeness (QED) is 0.452. The van der Waals surface area contributed by atoms with E-state index in [4.69, 9.17) is 0 Å². The summed E-state index contributed by atoms with van der Waals surface area (Å²) in [5.41, 5.74) is 0. The van der Waals surface area contributed by atoms with Crippen molar-refractivity contribution in [3.05, 3.63) is 12.2 Å². The summed E-state index contributed by atoms with van der Waals surface area (Å²) in [6.45, 7) is 4.00. The molecule has 1 aliphatic rings. The Hall–Kier alpha value is -1.85. The molecule has 2 N–H and O–H groups in total. The van der Waals surface area contributed by atoms with Crippen LogP contribution in [0.4, 0.5) is 4.79 Å². The first-order valence-electron chi connectivity index (χ1n) is 8.20. The fraction of sp³-hybridized carbons (Fsp3) is 0.688. The predicted molar refractivity (Wildman–Crippen MR) is 85.3 cm³/mol. The predicted octanol–water partition coefficient (Wildman–Crippen LogP) is 1.96. The van der Waals surface area contributed by atoms with Crippen LogP contribution < -0.4 is 10.6 Å².